The number of amides is 2. The van der Waals surface area contributed by atoms with Crippen LogP contribution in [-0.2, 0) is 14.3 Å². The molecule has 2 heterocycles. The normalized spacial score (nSPS) is 20.8. The highest BCUT2D eigenvalue weighted by molar-refractivity contribution is 6.06. The molecule has 4 rings (SSSR count). The zero-order chi connectivity index (χ0) is 23.6. The summed E-state index contributed by atoms with van der Waals surface area (Å²) < 4.78 is 16.9. The predicted octanol–water partition coefficient (Wildman–Crippen LogP) is 3.31. The summed E-state index contributed by atoms with van der Waals surface area (Å²) in [7, 11) is 0. The third kappa shape index (κ3) is 3.88. The molecule has 0 spiro atoms. The number of primary amides is 1. The average molecular weight is 458 g/mol. The lowest BCUT2D eigenvalue weighted by molar-refractivity contribution is -0.166. The van der Waals surface area contributed by atoms with E-state index in [0.717, 1.165) is 25.7 Å². The van der Waals surface area contributed by atoms with Gasteiger partial charge in [-0.05, 0) is 44.2 Å². The van der Waals surface area contributed by atoms with Gasteiger partial charge in [0.25, 0.3) is 11.7 Å². The van der Waals surface area contributed by atoms with Crippen LogP contribution in [0, 0.1) is 11.3 Å². The van der Waals surface area contributed by atoms with Crippen LogP contribution in [0.4, 0.5) is 4.79 Å². The van der Waals surface area contributed by atoms with Crippen LogP contribution in [0.15, 0.2) is 28.7 Å². The van der Waals surface area contributed by atoms with E-state index in [1.54, 1.807) is 43.0 Å². The summed E-state index contributed by atoms with van der Waals surface area (Å²) in [5.74, 6) is -1.24. The van der Waals surface area contributed by atoms with Crippen molar-refractivity contribution < 1.29 is 28.3 Å². The molecule has 2 aromatic rings. The molecule has 2 amide bonds. The number of oxazole rings is 1. The van der Waals surface area contributed by atoms with Gasteiger partial charge in [0.1, 0.15) is 5.52 Å². The number of benzene rings is 1. The minimum atomic E-state index is -1.86. The molecule has 1 aliphatic heterocycles. The van der Waals surface area contributed by atoms with Gasteiger partial charge in [0.15, 0.2) is 11.2 Å². The third-order valence-electron chi connectivity index (χ3n) is 7.38. The van der Waals surface area contributed by atoms with Crippen LogP contribution >= 0.6 is 0 Å². The first kappa shape index (κ1) is 23.2. The maximum absolute atomic E-state index is 14.1. The molecule has 2 aliphatic rings. The molecule has 1 aromatic heterocycles. The second-order valence-electron chi connectivity index (χ2n) is 9.01. The van der Waals surface area contributed by atoms with Gasteiger partial charge in [-0.1, -0.05) is 31.9 Å². The minimum Gasteiger partial charge on any atom is -0.434 e. The fourth-order valence-electron chi connectivity index (χ4n) is 5.58. The van der Waals surface area contributed by atoms with E-state index < -0.39 is 22.9 Å². The Morgan fingerprint density at radius 3 is 2.45 bits per heavy atom. The number of hydrogen-bond donors (Lipinski definition) is 1. The molecule has 1 aliphatic carbocycles. The number of rotatable bonds is 7. The van der Waals surface area contributed by atoms with Gasteiger partial charge in [0, 0.05) is 13.1 Å². The lowest BCUT2D eigenvalue weighted by Gasteiger charge is -2.49. The van der Waals surface area contributed by atoms with E-state index in [0.29, 0.717) is 37.4 Å². The molecule has 33 heavy (non-hydrogen) atoms. The Morgan fingerprint density at radius 2 is 1.85 bits per heavy atom. The van der Waals surface area contributed by atoms with Crippen molar-refractivity contribution in [3.05, 3.63) is 30.2 Å². The lowest BCUT2D eigenvalue weighted by atomic mass is 9.60. The molecule has 0 bridgehead atoms. The molecular weight excluding hydrogens is 426 g/mol. The Labute approximate surface area is 192 Å². The summed E-state index contributed by atoms with van der Waals surface area (Å²) in [6, 6.07) is 7.00. The van der Waals surface area contributed by atoms with E-state index >= 15 is 0 Å². The monoisotopic (exact) mass is 457 g/mol. The highest BCUT2D eigenvalue weighted by Gasteiger charge is 2.65. The molecule has 9 heteroatoms. The summed E-state index contributed by atoms with van der Waals surface area (Å²) in [5, 5.41) is 0. The summed E-state index contributed by atoms with van der Waals surface area (Å²) in [6.45, 7) is 5.13. The Balaban J connectivity index is 1.87. The minimum absolute atomic E-state index is 0.0522. The zero-order valence-corrected chi connectivity index (χ0v) is 19.2. The highest BCUT2D eigenvalue weighted by atomic mass is 16.6. The molecule has 0 radical (unpaired) electrons. The standard InChI is InChI=1S/C24H31N3O6/c1-3-24(33-22(25)30,19(28)20-26-17-10-6-7-11-18(17)32-20)23(2,16-8-4-5-9-16)21(29)27-12-14-31-15-13-27/h6-7,10-11,16H,3-5,8-9,12-15H2,1-2H3,(H2,25,30)/t23?,24-/m1/s1. The van der Waals surface area contributed by atoms with E-state index in [4.69, 9.17) is 19.6 Å². The summed E-state index contributed by atoms with van der Waals surface area (Å²) in [4.78, 5) is 46.5. The van der Waals surface area contributed by atoms with Crippen molar-refractivity contribution >= 4 is 28.9 Å². The number of para-hydroxylation sites is 2. The number of morpholine rings is 1. The number of aromatic nitrogens is 1. The number of carbonyl (C=O) groups is 3. The maximum Gasteiger partial charge on any atom is 0.405 e. The second kappa shape index (κ2) is 9.13. The topological polar surface area (TPSA) is 125 Å². The van der Waals surface area contributed by atoms with E-state index in [9.17, 15) is 14.4 Å². The molecule has 9 nitrogen and oxygen atoms in total. The number of nitrogens with two attached hydrogens (primary N) is 1. The molecular formula is C24H31N3O6. The van der Waals surface area contributed by atoms with E-state index in [2.05, 4.69) is 4.98 Å². The second-order valence-corrected chi connectivity index (χ2v) is 9.01. The van der Waals surface area contributed by atoms with Crippen LogP contribution in [0.25, 0.3) is 11.1 Å². The average Bonchev–Trinajstić information content (AvgIpc) is 3.52. The first-order valence-corrected chi connectivity index (χ1v) is 11.6. The molecule has 1 unspecified atom stereocenters. The van der Waals surface area contributed by atoms with Crippen molar-refractivity contribution in [2.45, 2.75) is 51.6 Å². The number of nitrogens with zero attached hydrogens (tertiary/aromatic N) is 2. The summed E-state index contributed by atoms with van der Waals surface area (Å²) >= 11 is 0. The van der Waals surface area contributed by atoms with Crippen LogP contribution < -0.4 is 5.73 Å². The number of hydrogen-bond acceptors (Lipinski definition) is 7. The van der Waals surface area contributed by atoms with Crippen LogP contribution in [0.3, 0.4) is 0 Å². The molecule has 1 saturated heterocycles. The molecule has 1 aromatic carbocycles. The predicted molar refractivity (Wildman–Crippen MR) is 119 cm³/mol. The van der Waals surface area contributed by atoms with Crippen molar-refractivity contribution in [3.63, 3.8) is 0 Å². The van der Waals surface area contributed by atoms with Gasteiger partial charge in [-0.3, -0.25) is 9.59 Å². The first-order chi connectivity index (χ1) is 15.8. The molecule has 2 atom stereocenters. The SMILES string of the molecule is CC[C@@](OC(N)=O)(C(=O)c1nc2ccccc2o1)C(C)(C(=O)N1CCOCC1)C1CCCC1. The van der Waals surface area contributed by atoms with E-state index in [1.807, 2.05) is 0 Å². The van der Waals surface area contributed by atoms with Gasteiger partial charge in [0.05, 0.1) is 18.6 Å². The fourth-order valence-corrected chi connectivity index (χ4v) is 5.58. The Bertz CT molecular complexity index is 1010. The molecule has 1 saturated carbocycles. The zero-order valence-electron chi connectivity index (χ0n) is 19.2. The molecule has 2 N–H and O–H groups in total. The molecule has 178 valence electrons. The largest absolute Gasteiger partial charge is 0.434 e. The number of ketones is 1. The smallest absolute Gasteiger partial charge is 0.405 e. The third-order valence-corrected chi connectivity index (χ3v) is 7.38. The van der Waals surface area contributed by atoms with Gasteiger partial charge < -0.3 is 24.5 Å². The Kier molecular flexibility index (Phi) is 6.43. The van der Waals surface area contributed by atoms with Crippen molar-refractivity contribution in [2.75, 3.05) is 26.3 Å². The van der Waals surface area contributed by atoms with Crippen molar-refractivity contribution in [1.82, 2.24) is 9.88 Å². The van der Waals surface area contributed by atoms with Gasteiger partial charge in [-0.15, -0.1) is 0 Å². The van der Waals surface area contributed by atoms with Crippen LogP contribution in [0.1, 0.15) is 56.6 Å². The van der Waals surface area contributed by atoms with Crippen LogP contribution in [0.5, 0.6) is 0 Å². The van der Waals surface area contributed by atoms with E-state index in [1.165, 1.54) is 0 Å². The van der Waals surface area contributed by atoms with Crippen molar-refractivity contribution in [3.8, 4) is 0 Å². The van der Waals surface area contributed by atoms with Crippen LogP contribution in [0.2, 0.25) is 0 Å². The number of carbonyl (C=O) groups excluding carboxylic acids is 3. The highest BCUT2D eigenvalue weighted by Crippen LogP contribution is 2.52. The Morgan fingerprint density at radius 1 is 1.18 bits per heavy atom. The number of Topliss-reactive ketones (excluding diaryl/α,β-unsaturated/α-hetero) is 1. The van der Waals surface area contributed by atoms with Gasteiger partial charge in [0.2, 0.25) is 5.91 Å². The summed E-state index contributed by atoms with van der Waals surface area (Å²) in [6.07, 6.45) is 2.31. The first-order valence-electron chi connectivity index (χ1n) is 11.6. The van der Waals surface area contributed by atoms with Gasteiger partial charge in [-0.25, -0.2) is 9.78 Å². The number of fused-ring (bicyclic) bond motifs is 1. The Hall–Kier alpha value is -2.94. The maximum atomic E-state index is 14.1. The molecule has 2 fully saturated rings. The van der Waals surface area contributed by atoms with Gasteiger partial charge in [-0.2, -0.15) is 0 Å². The fraction of sp³-hybridized carbons (Fsp3) is 0.583. The van der Waals surface area contributed by atoms with Crippen LogP contribution in [-0.4, -0.2) is 59.6 Å². The number of ether oxygens (including phenoxy) is 2. The van der Waals surface area contributed by atoms with E-state index in [-0.39, 0.29) is 24.1 Å². The van der Waals surface area contributed by atoms with Crippen molar-refractivity contribution in [2.24, 2.45) is 17.1 Å². The summed E-state index contributed by atoms with van der Waals surface area (Å²) in [5.41, 5.74) is 3.25. The van der Waals surface area contributed by atoms with Crippen molar-refractivity contribution in [1.29, 1.82) is 0 Å². The van der Waals surface area contributed by atoms with Gasteiger partial charge >= 0.3 is 6.09 Å². The lowest BCUT2D eigenvalue weighted by Crippen LogP contribution is -2.65. The quantitative estimate of drug-likeness (QED) is 0.632.